The third-order valence-corrected chi connectivity index (χ3v) is 5.55. The molecular formula is C17H16FNO3S. The summed E-state index contributed by atoms with van der Waals surface area (Å²) in [7, 11) is -3.78. The van der Waals surface area contributed by atoms with Gasteiger partial charge in [0.25, 0.3) is 5.91 Å². The van der Waals surface area contributed by atoms with Gasteiger partial charge in [-0.15, -0.1) is 0 Å². The summed E-state index contributed by atoms with van der Waals surface area (Å²) in [5.41, 5.74) is 0.300. The van der Waals surface area contributed by atoms with Crippen molar-refractivity contribution in [2.75, 3.05) is 6.54 Å². The lowest BCUT2D eigenvalue weighted by Crippen LogP contribution is -2.25. The molecule has 120 valence electrons. The van der Waals surface area contributed by atoms with E-state index in [1.165, 1.54) is 30.3 Å². The van der Waals surface area contributed by atoms with Crippen LogP contribution in [0.25, 0.3) is 0 Å². The van der Waals surface area contributed by atoms with E-state index in [0.717, 1.165) is 25.0 Å². The fourth-order valence-corrected chi connectivity index (χ4v) is 3.52. The molecule has 1 saturated carbocycles. The van der Waals surface area contributed by atoms with Crippen LogP contribution in [0.15, 0.2) is 58.3 Å². The molecule has 0 atom stereocenters. The van der Waals surface area contributed by atoms with Gasteiger partial charge in [-0.25, -0.2) is 12.8 Å². The standard InChI is InChI=1S/C17H16FNO3S/c18-14-6-8-15(9-7-14)23(21,22)16-3-1-2-13(10-16)17(20)19-11-12-4-5-12/h1-3,6-10,12H,4-5,11H2,(H,19,20). The second-order valence-electron chi connectivity index (χ2n) is 5.64. The van der Waals surface area contributed by atoms with Gasteiger partial charge in [-0.3, -0.25) is 4.79 Å². The minimum Gasteiger partial charge on any atom is -0.352 e. The van der Waals surface area contributed by atoms with E-state index in [0.29, 0.717) is 18.0 Å². The number of carbonyl (C=O) groups is 1. The lowest BCUT2D eigenvalue weighted by molar-refractivity contribution is 0.0951. The zero-order chi connectivity index (χ0) is 16.4. The Kier molecular flexibility index (Phi) is 4.17. The van der Waals surface area contributed by atoms with Crippen LogP contribution in [0, 0.1) is 11.7 Å². The molecule has 0 heterocycles. The number of hydrogen-bond acceptors (Lipinski definition) is 3. The Hall–Kier alpha value is -2.21. The molecule has 0 saturated heterocycles. The summed E-state index contributed by atoms with van der Waals surface area (Å²) in [5, 5.41) is 2.80. The summed E-state index contributed by atoms with van der Waals surface area (Å²) in [6.45, 7) is 0.619. The second kappa shape index (κ2) is 6.12. The number of benzene rings is 2. The van der Waals surface area contributed by atoms with Crippen LogP contribution in [0.1, 0.15) is 23.2 Å². The molecule has 0 aromatic heterocycles. The Bertz CT molecular complexity index is 827. The number of hydrogen-bond donors (Lipinski definition) is 1. The first-order chi connectivity index (χ1) is 11.0. The number of sulfone groups is 1. The lowest BCUT2D eigenvalue weighted by atomic mass is 10.2. The maximum atomic E-state index is 13.0. The molecule has 0 radical (unpaired) electrons. The quantitative estimate of drug-likeness (QED) is 0.856. The fraction of sp³-hybridized carbons (Fsp3) is 0.235. The van der Waals surface area contributed by atoms with E-state index in [1.807, 2.05) is 0 Å². The van der Waals surface area contributed by atoms with Gasteiger partial charge in [0.2, 0.25) is 9.84 Å². The molecule has 2 aromatic rings. The fourth-order valence-electron chi connectivity index (χ4n) is 2.22. The minimum atomic E-state index is -3.78. The highest BCUT2D eigenvalue weighted by atomic mass is 32.2. The number of carbonyl (C=O) groups excluding carboxylic acids is 1. The van der Waals surface area contributed by atoms with Crippen molar-refractivity contribution in [2.45, 2.75) is 22.6 Å². The highest BCUT2D eigenvalue weighted by molar-refractivity contribution is 7.91. The van der Waals surface area contributed by atoms with Gasteiger partial charge < -0.3 is 5.32 Å². The Morgan fingerprint density at radius 2 is 1.78 bits per heavy atom. The maximum Gasteiger partial charge on any atom is 0.251 e. The average Bonchev–Trinajstić information content (AvgIpc) is 3.37. The molecule has 0 unspecified atom stereocenters. The molecule has 1 fully saturated rings. The van der Waals surface area contributed by atoms with Crippen molar-refractivity contribution < 1.29 is 17.6 Å². The van der Waals surface area contributed by atoms with Crippen LogP contribution in [0.4, 0.5) is 4.39 Å². The third-order valence-electron chi connectivity index (χ3n) is 3.78. The normalized spacial score (nSPS) is 14.5. The molecule has 1 aliphatic carbocycles. The van der Waals surface area contributed by atoms with E-state index in [4.69, 9.17) is 0 Å². The molecule has 2 aromatic carbocycles. The minimum absolute atomic E-state index is 0.00515. The van der Waals surface area contributed by atoms with Gasteiger partial charge in [0.15, 0.2) is 0 Å². The van der Waals surface area contributed by atoms with Crippen LogP contribution >= 0.6 is 0 Å². The van der Waals surface area contributed by atoms with Gasteiger partial charge >= 0.3 is 0 Å². The van der Waals surface area contributed by atoms with Crippen molar-refractivity contribution in [3.8, 4) is 0 Å². The van der Waals surface area contributed by atoms with E-state index >= 15 is 0 Å². The van der Waals surface area contributed by atoms with Gasteiger partial charge in [0.05, 0.1) is 9.79 Å². The first-order valence-corrected chi connectivity index (χ1v) is 8.84. The van der Waals surface area contributed by atoms with Crippen molar-refractivity contribution in [1.82, 2.24) is 5.32 Å². The van der Waals surface area contributed by atoms with Gasteiger partial charge in [0.1, 0.15) is 5.82 Å². The molecule has 0 spiro atoms. The molecule has 1 aliphatic rings. The predicted molar refractivity (Wildman–Crippen MR) is 83.4 cm³/mol. The molecule has 1 amide bonds. The molecule has 4 nitrogen and oxygen atoms in total. The van der Waals surface area contributed by atoms with Crippen molar-refractivity contribution in [2.24, 2.45) is 5.92 Å². The summed E-state index contributed by atoms with van der Waals surface area (Å²) in [4.78, 5) is 12.1. The van der Waals surface area contributed by atoms with Gasteiger partial charge in [0, 0.05) is 12.1 Å². The first-order valence-electron chi connectivity index (χ1n) is 7.36. The highest BCUT2D eigenvalue weighted by Crippen LogP contribution is 2.27. The SMILES string of the molecule is O=C(NCC1CC1)c1cccc(S(=O)(=O)c2ccc(F)cc2)c1. The van der Waals surface area contributed by atoms with Crippen molar-refractivity contribution in [3.63, 3.8) is 0 Å². The second-order valence-corrected chi connectivity index (χ2v) is 7.59. The molecular weight excluding hydrogens is 317 g/mol. The topological polar surface area (TPSA) is 63.2 Å². The van der Waals surface area contributed by atoms with Crippen LogP contribution in [-0.2, 0) is 9.84 Å². The smallest absolute Gasteiger partial charge is 0.251 e. The third kappa shape index (κ3) is 3.59. The van der Waals surface area contributed by atoms with Crippen molar-refractivity contribution in [1.29, 1.82) is 0 Å². The lowest BCUT2D eigenvalue weighted by Gasteiger charge is -2.08. The predicted octanol–water partition coefficient (Wildman–Crippen LogP) is 2.80. The first kappa shape index (κ1) is 15.7. The van der Waals surface area contributed by atoms with E-state index < -0.39 is 15.7 Å². The van der Waals surface area contributed by atoms with Gasteiger partial charge in [-0.2, -0.15) is 0 Å². The maximum absolute atomic E-state index is 13.0. The van der Waals surface area contributed by atoms with E-state index in [9.17, 15) is 17.6 Å². The van der Waals surface area contributed by atoms with Gasteiger partial charge in [-0.1, -0.05) is 6.07 Å². The Labute approximate surface area is 134 Å². The molecule has 0 aliphatic heterocycles. The van der Waals surface area contributed by atoms with Crippen LogP contribution in [0.5, 0.6) is 0 Å². The summed E-state index contributed by atoms with van der Waals surface area (Å²) in [6, 6.07) is 10.5. The van der Waals surface area contributed by atoms with Gasteiger partial charge in [-0.05, 0) is 61.2 Å². The zero-order valence-electron chi connectivity index (χ0n) is 12.3. The monoisotopic (exact) mass is 333 g/mol. The Morgan fingerprint density at radius 3 is 2.43 bits per heavy atom. The number of rotatable bonds is 5. The number of amides is 1. The zero-order valence-corrected chi connectivity index (χ0v) is 13.1. The van der Waals surface area contributed by atoms with Crippen LogP contribution < -0.4 is 5.32 Å². The van der Waals surface area contributed by atoms with E-state index in [1.54, 1.807) is 6.07 Å². The largest absolute Gasteiger partial charge is 0.352 e. The van der Waals surface area contributed by atoms with E-state index in [-0.39, 0.29) is 15.7 Å². The number of nitrogens with one attached hydrogen (secondary N) is 1. The molecule has 23 heavy (non-hydrogen) atoms. The summed E-state index contributed by atoms with van der Waals surface area (Å²) >= 11 is 0. The molecule has 1 N–H and O–H groups in total. The Balaban J connectivity index is 1.85. The molecule has 3 rings (SSSR count). The molecule has 6 heteroatoms. The van der Waals surface area contributed by atoms with Crippen molar-refractivity contribution in [3.05, 3.63) is 59.9 Å². The average molecular weight is 333 g/mol. The van der Waals surface area contributed by atoms with Crippen LogP contribution in [0.3, 0.4) is 0 Å². The van der Waals surface area contributed by atoms with Crippen LogP contribution in [-0.4, -0.2) is 20.9 Å². The highest BCUT2D eigenvalue weighted by Gasteiger charge is 2.23. The van der Waals surface area contributed by atoms with E-state index in [2.05, 4.69) is 5.32 Å². The summed E-state index contributed by atoms with van der Waals surface area (Å²) in [5.74, 6) is -0.240. The summed E-state index contributed by atoms with van der Waals surface area (Å²) in [6.07, 6.45) is 2.25. The Morgan fingerprint density at radius 1 is 1.09 bits per heavy atom. The summed E-state index contributed by atoms with van der Waals surface area (Å²) < 4.78 is 38.0. The number of halogens is 1. The molecule has 0 bridgehead atoms. The van der Waals surface area contributed by atoms with Crippen molar-refractivity contribution >= 4 is 15.7 Å². The van der Waals surface area contributed by atoms with Crippen LogP contribution in [0.2, 0.25) is 0 Å².